The van der Waals surface area contributed by atoms with E-state index in [2.05, 4.69) is 15.0 Å². The highest BCUT2D eigenvalue weighted by Gasteiger charge is 2.16. The van der Waals surface area contributed by atoms with Gasteiger partial charge >= 0.3 is 0 Å². The van der Waals surface area contributed by atoms with Gasteiger partial charge < -0.3 is 9.88 Å². The van der Waals surface area contributed by atoms with Gasteiger partial charge in [0.1, 0.15) is 0 Å². The smallest absolute Gasteiger partial charge is 0.251 e. The third kappa shape index (κ3) is 4.65. The number of carbonyl (C=O) groups is 1. The summed E-state index contributed by atoms with van der Waals surface area (Å²) in [5.74, 6) is -0.261. The monoisotopic (exact) mass is 350 g/mol. The minimum Gasteiger partial charge on any atom is -0.352 e. The zero-order valence-electron chi connectivity index (χ0n) is 13.8. The number of nitrogens with zero attached hydrogens (tertiary/aromatic N) is 2. The molecule has 130 valence electrons. The Balaban J connectivity index is 1.90. The lowest BCUT2D eigenvalue weighted by Gasteiger charge is -2.10. The first-order valence-corrected chi connectivity index (χ1v) is 9.20. The number of amides is 1. The van der Waals surface area contributed by atoms with Crippen molar-refractivity contribution in [1.29, 1.82) is 0 Å². The predicted molar refractivity (Wildman–Crippen MR) is 91.2 cm³/mol. The molecule has 2 N–H and O–H groups in total. The number of sulfonamides is 1. The summed E-state index contributed by atoms with van der Waals surface area (Å²) in [6.07, 6.45) is 7.14. The van der Waals surface area contributed by atoms with Gasteiger partial charge in [-0.2, -0.15) is 0 Å². The molecule has 2 rings (SSSR count). The van der Waals surface area contributed by atoms with E-state index in [1.807, 2.05) is 10.8 Å². The molecular weight excluding hydrogens is 328 g/mol. The van der Waals surface area contributed by atoms with E-state index in [4.69, 9.17) is 0 Å². The van der Waals surface area contributed by atoms with E-state index >= 15 is 0 Å². The van der Waals surface area contributed by atoms with Gasteiger partial charge in [0, 0.05) is 31.0 Å². The summed E-state index contributed by atoms with van der Waals surface area (Å²) in [6, 6.07) is 4.53. The Hall–Kier alpha value is -2.19. The molecule has 1 heterocycles. The zero-order chi connectivity index (χ0) is 17.6. The number of hydrogen-bond donors (Lipinski definition) is 2. The molecule has 0 spiro atoms. The van der Waals surface area contributed by atoms with Crippen LogP contribution in [-0.4, -0.2) is 37.5 Å². The summed E-state index contributed by atoms with van der Waals surface area (Å²) < 4.78 is 27.9. The zero-order valence-corrected chi connectivity index (χ0v) is 14.6. The lowest BCUT2D eigenvalue weighted by molar-refractivity contribution is 0.0952. The van der Waals surface area contributed by atoms with Crippen molar-refractivity contribution in [2.75, 3.05) is 13.6 Å². The molecule has 7 nitrogen and oxygen atoms in total. The van der Waals surface area contributed by atoms with Crippen LogP contribution in [0.2, 0.25) is 0 Å². The Kier molecular flexibility index (Phi) is 6.10. The van der Waals surface area contributed by atoms with Crippen LogP contribution in [0.25, 0.3) is 0 Å². The van der Waals surface area contributed by atoms with Crippen molar-refractivity contribution >= 4 is 15.9 Å². The van der Waals surface area contributed by atoms with Gasteiger partial charge in [-0.05, 0) is 44.5 Å². The predicted octanol–water partition coefficient (Wildman–Crippen LogP) is 1.31. The average Bonchev–Trinajstić information content (AvgIpc) is 3.08. The summed E-state index contributed by atoms with van der Waals surface area (Å²) in [5.41, 5.74) is 1.11. The molecule has 1 amide bonds. The second kappa shape index (κ2) is 8.07. The molecule has 24 heavy (non-hydrogen) atoms. The van der Waals surface area contributed by atoms with Crippen LogP contribution in [-0.2, 0) is 16.6 Å². The maximum absolute atomic E-state index is 12.3. The van der Waals surface area contributed by atoms with Crippen LogP contribution in [0.4, 0.5) is 0 Å². The Bertz CT molecular complexity index is 786. The van der Waals surface area contributed by atoms with Gasteiger partial charge in [0.15, 0.2) is 0 Å². The van der Waals surface area contributed by atoms with Crippen molar-refractivity contribution in [2.24, 2.45) is 0 Å². The molecular formula is C16H22N4O3S. The second-order valence-corrected chi connectivity index (χ2v) is 7.33. The Morgan fingerprint density at radius 2 is 2.08 bits per heavy atom. The maximum atomic E-state index is 12.3. The molecule has 2 aromatic rings. The number of aromatic nitrogens is 2. The number of imidazole rings is 1. The van der Waals surface area contributed by atoms with Gasteiger partial charge in [-0.25, -0.2) is 18.1 Å². The number of rotatable bonds is 8. The SMILES string of the molecule is CNS(=O)(=O)c1ccc(C)c(C(=O)NCCCCn2ccnc2)c1. The molecule has 0 saturated heterocycles. The fourth-order valence-corrected chi connectivity index (χ4v) is 3.02. The van der Waals surface area contributed by atoms with Gasteiger partial charge in [-0.15, -0.1) is 0 Å². The standard InChI is InChI=1S/C16H22N4O3S/c1-13-5-6-14(24(22,23)17-2)11-15(13)16(21)19-7-3-4-9-20-10-8-18-12-20/h5-6,8,10-12,17H,3-4,7,9H2,1-2H3,(H,19,21). The third-order valence-corrected chi connectivity index (χ3v) is 5.13. The molecule has 8 heteroatoms. The van der Waals surface area contributed by atoms with Crippen molar-refractivity contribution in [2.45, 2.75) is 31.2 Å². The van der Waals surface area contributed by atoms with E-state index in [-0.39, 0.29) is 10.8 Å². The number of carbonyl (C=O) groups excluding carboxylic acids is 1. The second-order valence-electron chi connectivity index (χ2n) is 5.45. The topological polar surface area (TPSA) is 93.1 Å². The van der Waals surface area contributed by atoms with E-state index in [1.54, 1.807) is 25.5 Å². The molecule has 1 aromatic carbocycles. The third-order valence-electron chi connectivity index (χ3n) is 3.72. The first-order chi connectivity index (χ1) is 11.4. The van der Waals surface area contributed by atoms with Crippen molar-refractivity contribution < 1.29 is 13.2 Å². The summed E-state index contributed by atoms with van der Waals surface area (Å²) >= 11 is 0. The van der Waals surface area contributed by atoms with Crippen LogP contribution in [0.5, 0.6) is 0 Å². The van der Waals surface area contributed by atoms with Crippen LogP contribution in [0.1, 0.15) is 28.8 Å². The molecule has 0 aliphatic carbocycles. The van der Waals surface area contributed by atoms with Crippen molar-refractivity contribution in [1.82, 2.24) is 19.6 Å². The Morgan fingerprint density at radius 1 is 1.29 bits per heavy atom. The van der Waals surface area contributed by atoms with Crippen molar-refractivity contribution in [3.63, 3.8) is 0 Å². The van der Waals surface area contributed by atoms with Crippen LogP contribution < -0.4 is 10.0 Å². The molecule has 0 saturated carbocycles. The fraction of sp³-hybridized carbons (Fsp3) is 0.375. The van der Waals surface area contributed by atoms with E-state index in [0.29, 0.717) is 12.1 Å². The minimum atomic E-state index is -3.56. The highest BCUT2D eigenvalue weighted by atomic mass is 32.2. The van der Waals surface area contributed by atoms with Gasteiger partial charge in [-0.3, -0.25) is 4.79 Å². The van der Waals surface area contributed by atoms with Crippen LogP contribution >= 0.6 is 0 Å². The van der Waals surface area contributed by atoms with Crippen molar-refractivity contribution in [3.8, 4) is 0 Å². The fourth-order valence-electron chi connectivity index (χ4n) is 2.27. The quantitative estimate of drug-likeness (QED) is 0.702. The lowest BCUT2D eigenvalue weighted by atomic mass is 10.1. The lowest BCUT2D eigenvalue weighted by Crippen LogP contribution is -2.26. The van der Waals surface area contributed by atoms with Gasteiger partial charge in [0.25, 0.3) is 5.91 Å². The van der Waals surface area contributed by atoms with Crippen LogP contribution in [0, 0.1) is 6.92 Å². The van der Waals surface area contributed by atoms with Gasteiger partial charge in [-0.1, -0.05) is 6.07 Å². The highest BCUT2D eigenvalue weighted by molar-refractivity contribution is 7.89. The average molecular weight is 350 g/mol. The summed E-state index contributed by atoms with van der Waals surface area (Å²) in [7, 11) is -2.22. The highest BCUT2D eigenvalue weighted by Crippen LogP contribution is 2.15. The molecule has 0 unspecified atom stereocenters. The molecule has 0 aliphatic rings. The maximum Gasteiger partial charge on any atom is 0.251 e. The minimum absolute atomic E-state index is 0.0841. The van der Waals surface area contributed by atoms with E-state index in [0.717, 1.165) is 24.9 Å². The number of unbranched alkanes of at least 4 members (excludes halogenated alkanes) is 1. The Morgan fingerprint density at radius 3 is 2.75 bits per heavy atom. The molecule has 0 aliphatic heterocycles. The van der Waals surface area contributed by atoms with E-state index in [1.165, 1.54) is 19.2 Å². The summed E-state index contributed by atoms with van der Waals surface area (Å²) in [5, 5.41) is 2.84. The number of benzene rings is 1. The first-order valence-electron chi connectivity index (χ1n) is 7.72. The summed E-state index contributed by atoms with van der Waals surface area (Å²) in [6.45, 7) is 3.17. The Labute approximate surface area is 142 Å². The normalized spacial score (nSPS) is 11.4. The molecule has 0 bridgehead atoms. The number of nitrogens with one attached hydrogen (secondary N) is 2. The van der Waals surface area contributed by atoms with E-state index in [9.17, 15) is 13.2 Å². The van der Waals surface area contributed by atoms with E-state index < -0.39 is 10.0 Å². The van der Waals surface area contributed by atoms with Crippen LogP contribution in [0.3, 0.4) is 0 Å². The summed E-state index contributed by atoms with van der Waals surface area (Å²) in [4.78, 5) is 16.3. The first kappa shape index (κ1) is 18.2. The number of aryl methyl sites for hydroxylation is 2. The number of hydrogen-bond acceptors (Lipinski definition) is 4. The van der Waals surface area contributed by atoms with Gasteiger partial charge in [0.2, 0.25) is 10.0 Å². The van der Waals surface area contributed by atoms with Crippen molar-refractivity contribution in [3.05, 3.63) is 48.0 Å². The molecule has 0 radical (unpaired) electrons. The molecule has 0 fully saturated rings. The largest absolute Gasteiger partial charge is 0.352 e. The molecule has 1 aromatic heterocycles. The molecule has 0 atom stereocenters. The van der Waals surface area contributed by atoms with Gasteiger partial charge in [0.05, 0.1) is 11.2 Å². The van der Waals surface area contributed by atoms with Crippen LogP contribution in [0.15, 0.2) is 41.8 Å².